The first-order valence-electron chi connectivity index (χ1n) is 12.4. The van der Waals surface area contributed by atoms with Crippen molar-refractivity contribution in [2.24, 2.45) is 0 Å². The Morgan fingerprint density at radius 1 is 0.763 bits per heavy atom. The summed E-state index contributed by atoms with van der Waals surface area (Å²) >= 11 is 0. The highest BCUT2D eigenvalue weighted by molar-refractivity contribution is 5.91. The molecule has 0 heterocycles. The van der Waals surface area contributed by atoms with Gasteiger partial charge in [-0.2, -0.15) is 0 Å². The molecule has 0 saturated carbocycles. The van der Waals surface area contributed by atoms with Crippen LogP contribution in [0, 0.1) is 26.6 Å². The number of nitrogens with one attached hydrogen (secondary N) is 1. The van der Waals surface area contributed by atoms with Gasteiger partial charge in [0.15, 0.2) is 5.60 Å². The van der Waals surface area contributed by atoms with Gasteiger partial charge in [0.25, 0.3) is 5.91 Å². The number of nitrogens with zero attached hydrogens (tertiary/aromatic N) is 1. The van der Waals surface area contributed by atoms with Gasteiger partial charge < -0.3 is 5.11 Å². The van der Waals surface area contributed by atoms with Gasteiger partial charge >= 0.3 is 0 Å². The highest BCUT2D eigenvalue weighted by Gasteiger charge is 2.42. The van der Waals surface area contributed by atoms with Crippen LogP contribution in [0.2, 0.25) is 0 Å². The van der Waals surface area contributed by atoms with Crippen LogP contribution >= 0.6 is 0 Å². The Morgan fingerprint density at radius 2 is 1.21 bits per heavy atom. The average Bonchev–Trinajstić information content (AvgIpc) is 2.90. The molecule has 4 aromatic rings. The summed E-state index contributed by atoms with van der Waals surface area (Å²) in [6, 6.07) is 26.4. The monoisotopic (exact) mass is 510 g/mol. The van der Waals surface area contributed by atoms with Crippen LogP contribution in [-0.4, -0.2) is 21.9 Å². The first-order chi connectivity index (χ1) is 18.1. The summed E-state index contributed by atoms with van der Waals surface area (Å²) in [6.45, 7) is 7.04. The maximum atomic E-state index is 15.1. The van der Waals surface area contributed by atoms with Gasteiger partial charge in [-0.25, -0.2) is 9.40 Å². The SMILES string of the molecule is CC(=O)N(NC(=O)C(O)(c1ccc(C)cc1)c1ccc(C)cc1)C(c1ccc(C)cc1)c1ccccc1F. The number of amides is 2. The van der Waals surface area contributed by atoms with Gasteiger partial charge in [0.05, 0.1) is 0 Å². The van der Waals surface area contributed by atoms with E-state index in [4.69, 9.17) is 0 Å². The van der Waals surface area contributed by atoms with Crippen LogP contribution in [0.25, 0.3) is 0 Å². The van der Waals surface area contributed by atoms with E-state index in [9.17, 15) is 14.7 Å². The molecule has 6 heteroatoms. The smallest absolute Gasteiger partial charge is 0.279 e. The van der Waals surface area contributed by atoms with Crippen molar-refractivity contribution < 1.29 is 19.1 Å². The molecule has 1 unspecified atom stereocenters. The zero-order valence-electron chi connectivity index (χ0n) is 21.9. The molecule has 2 amide bonds. The Hall–Kier alpha value is -4.29. The van der Waals surface area contributed by atoms with Gasteiger partial charge in [-0.05, 0) is 43.5 Å². The molecule has 2 N–H and O–H groups in total. The molecule has 5 nitrogen and oxygen atoms in total. The van der Waals surface area contributed by atoms with Gasteiger partial charge in [0.2, 0.25) is 5.91 Å². The van der Waals surface area contributed by atoms with Crippen LogP contribution in [0.15, 0.2) is 97.1 Å². The minimum absolute atomic E-state index is 0.209. The number of rotatable bonds is 6. The third kappa shape index (κ3) is 5.36. The summed E-state index contributed by atoms with van der Waals surface area (Å²) < 4.78 is 15.1. The van der Waals surface area contributed by atoms with Crippen molar-refractivity contribution in [3.05, 3.63) is 142 Å². The summed E-state index contributed by atoms with van der Waals surface area (Å²) in [5, 5.41) is 13.1. The summed E-state index contributed by atoms with van der Waals surface area (Å²) in [5.41, 5.74) is 4.93. The fraction of sp³-hybridized carbons (Fsp3) is 0.188. The van der Waals surface area contributed by atoms with Crippen molar-refractivity contribution in [2.75, 3.05) is 0 Å². The minimum Gasteiger partial charge on any atom is -0.372 e. The van der Waals surface area contributed by atoms with Gasteiger partial charge in [-0.15, -0.1) is 0 Å². The predicted octanol–water partition coefficient (Wildman–Crippen LogP) is 5.66. The average molecular weight is 511 g/mol. The highest BCUT2D eigenvalue weighted by atomic mass is 19.1. The van der Waals surface area contributed by atoms with Crippen molar-refractivity contribution in [1.29, 1.82) is 0 Å². The van der Waals surface area contributed by atoms with E-state index in [1.54, 1.807) is 78.9 Å². The summed E-state index contributed by atoms with van der Waals surface area (Å²) in [7, 11) is 0. The molecule has 0 fully saturated rings. The second-order valence-corrected chi connectivity index (χ2v) is 9.61. The van der Waals surface area contributed by atoms with E-state index >= 15 is 4.39 Å². The van der Waals surface area contributed by atoms with Crippen LogP contribution in [0.1, 0.15) is 51.9 Å². The molecule has 4 rings (SSSR count). The van der Waals surface area contributed by atoms with Crippen LogP contribution in [0.3, 0.4) is 0 Å². The number of carbonyl (C=O) groups is 2. The quantitative estimate of drug-likeness (QED) is 0.329. The number of aliphatic hydroxyl groups is 1. The molecule has 0 bridgehead atoms. The van der Waals surface area contributed by atoms with E-state index < -0.39 is 29.3 Å². The lowest BCUT2D eigenvalue weighted by molar-refractivity contribution is -0.150. The van der Waals surface area contributed by atoms with E-state index in [1.165, 1.54) is 13.0 Å². The van der Waals surface area contributed by atoms with Gasteiger partial charge in [0, 0.05) is 12.5 Å². The lowest BCUT2D eigenvalue weighted by atomic mass is 9.85. The van der Waals surface area contributed by atoms with E-state index in [0.717, 1.165) is 21.7 Å². The Kier molecular flexibility index (Phi) is 7.74. The second-order valence-electron chi connectivity index (χ2n) is 9.61. The van der Waals surface area contributed by atoms with Crippen molar-refractivity contribution in [1.82, 2.24) is 10.4 Å². The number of hydrogen-bond donors (Lipinski definition) is 2. The summed E-state index contributed by atoms with van der Waals surface area (Å²) in [6.07, 6.45) is 0. The summed E-state index contributed by atoms with van der Waals surface area (Å²) in [5.74, 6) is -1.89. The lowest BCUT2D eigenvalue weighted by Gasteiger charge is -2.36. The molecule has 0 aliphatic carbocycles. The number of halogens is 1. The topological polar surface area (TPSA) is 69.6 Å². The van der Waals surface area contributed by atoms with Crippen molar-refractivity contribution in [2.45, 2.75) is 39.3 Å². The van der Waals surface area contributed by atoms with Crippen LogP contribution in [0.5, 0.6) is 0 Å². The Balaban J connectivity index is 1.83. The first kappa shape index (κ1) is 26.8. The van der Waals surface area contributed by atoms with E-state index in [2.05, 4.69) is 5.43 Å². The Labute approximate surface area is 222 Å². The molecule has 38 heavy (non-hydrogen) atoms. The maximum absolute atomic E-state index is 15.1. The fourth-order valence-electron chi connectivity index (χ4n) is 4.45. The van der Waals surface area contributed by atoms with Crippen LogP contribution in [-0.2, 0) is 15.2 Å². The minimum atomic E-state index is -2.12. The summed E-state index contributed by atoms with van der Waals surface area (Å²) in [4.78, 5) is 27.1. The van der Waals surface area contributed by atoms with Crippen molar-refractivity contribution >= 4 is 11.8 Å². The van der Waals surface area contributed by atoms with Crippen LogP contribution in [0.4, 0.5) is 4.39 Å². The first-order valence-corrected chi connectivity index (χ1v) is 12.4. The number of aryl methyl sites for hydroxylation is 3. The third-order valence-corrected chi connectivity index (χ3v) is 6.68. The fourth-order valence-corrected chi connectivity index (χ4v) is 4.45. The largest absolute Gasteiger partial charge is 0.372 e. The molecule has 4 aromatic carbocycles. The van der Waals surface area contributed by atoms with Crippen LogP contribution < -0.4 is 5.43 Å². The molecular weight excluding hydrogens is 479 g/mol. The Bertz CT molecular complexity index is 1390. The molecular formula is C32H31FN2O3. The van der Waals surface area contributed by atoms with Gasteiger partial charge in [0.1, 0.15) is 11.9 Å². The normalized spacial score (nSPS) is 12.1. The van der Waals surface area contributed by atoms with E-state index in [0.29, 0.717) is 16.7 Å². The maximum Gasteiger partial charge on any atom is 0.279 e. The molecule has 0 aromatic heterocycles. The Morgan fingerprint density at radius 3 is 1.66 bits per heavy atom. The van der Waals surface area contributed by atoms with Gasteiger partial charge in [-0.3, -0.25) is 15.0 Å². The zero-order valence-corrected chi connectivity index (χ0v) is 21.9. The standard InChI is InChI=1S/C32H31FN2O3/c1-21-9-15-25(16-10-21)30(28-7-5-6-8-29(28)33)35(24(4)36)34-31(37)32(38,26-17-11-22(2)12-18-26)27-19-13-23(3)14-20-27/h5-20,30,38H,1-4H3,(H,34,37). The third-order valence-electron chi connectivity index (χ3n) is 6.68. The van der Waals surface area contributed by atoms with E-state index in [-0.39, 0.29) is 5.56 Å². The molecule has 0 saturated heterocycles. The number of benzene rings is 4. The highest BCUT2D eigenvalue weighted by Crippen LogP contribution is 2.34. The second kappa shape index (κ2) is 11.0. The molecule has 0 spiro atoms. The molecule has 0 aliphatic rings. The molecule has 1 atom stereocenters. The van der Waals surface area contributed by atoms with Gasteiger partial charge in [-0.1, -0.05) is 108 Å². The molecule has 0 aliphatic heterocycles. The zero-order chi connectivity index (χ0) is 27.4. The van der Waals surface area contributed by atoms with Crippen molar-refractivity contribution in [3.63, 3.8) is 0 Å². The number of carbonyl (C=O) groups excluding carboxylic acids is 2. The molecule has 0 radical (unpaired) electrons. The van der Waals surface area contributed by atoms with E-state index in [1.807, 2.05) is 32.9 Å². The number of hydrazine groups is 1. The van der Waals surface area contributed by atoms with Crippen molar-refractivity contribution in [3.8, 4) is 0 Å². The molecule has 194 valence electrons. The lowest BCUT2D eigenvalue weighted by Crippen LogP contribution is -2.55. The number of hydrogen-bond acceptors (Lipinski definition) is 3. The predicted molar refractivity (Wildman–Crippen MR) is 145 cm³/mol.